The fourth-order valence-corrected chi connectivity index (χ4v) is 3.60. The summed E-state index contributed by atoms with van der Waals surface area (Å²) in [4.78, 5) is 11.3. The molecule has 6 nitrogen and oxygen atoms in total. The quantitative estimate of drug-likeness (QED) is 0.845. The van der Waals surface area contributed by atoms with Gasteiger partial charge in [-0.05, 0) is 42.3 Å². The van der Waals surface area contributed by atoms with E-state index >= 15 is 0 Å². The third-order valence-corrected chi connectivity index (χ3v) is 4.98. The van der Waals surface area contributed by atoms with E-state index in [1.54, 1.807) is 0 Å². The second kappa shape index (κ2) is 6.52. The van der Waals surface area contributed by atoms with E-state index in [2.05, 4.69) is 14.8 Å². The average molecular weight is 386 g/mol. The Bertz CT molecular complexity index is 958. The number of halogens is 3. The summed E-state index contributed by atoms with van der Waals surface area (Å²) < 4.78 is 67.8. The molecule has 0 radical (unpaired) electrons. The molecule has 26 heavy (non-hydrogen) atoms. The van der Waals surface area contributed by atoms with Gasteiger partial charge in [0, 0.05) is 18.2 Å². The number of sulfonamides is 1. The Morgan fingerprint density at radius 3 is 2.58 bits per heavy atom. The predicted molar refractivity (Wildman–Crippen MR) is 87.3 cm³/mol. The third kappa shape index (κ3) is 4.26. The minimum Gasteiger partial charge on any atom is -0.406 e. The molecule has 1 aliphatic heterocycles. The Balaban J connectivity index is 1.83. The van der Waals surface area contributed by atoms with Crippen molar-refractivity contribution in [2.24, 2.45) is 0 Å². The molecule has 0 bridgehead atoms. The molecule has 3 rings (SSSR count). The number of carbonyl (C=O) groups excluding carboxylic acids is 1. The average Bonchev–Trinajstić information content (AvgIpc) is 2.52. The summed E-state index contributed by atoms with van der Waals surface area (Å²) in [6.45, 7) is 0. The smallest absolute Gasteiger partial charge is 0.406 e. The Morgan fingerprint density at radius 2 is 1.85 bits per heavy atom. The molecule has 2 N–H and O–H groups in total. The SMILES string of the molecule is O=C1CCc2cc(S(=O)(=O)Nc3cccc(OC(F)(F)F)c3)ccc2N1. The van der Waals surface area contributed by atoms with Gasteiger partial charge in [0.1, 0.15) is 5.75 Å². The van der Waals surface area contributed by atoms with E-state index in [0.717, 1.165) is 12.1 Å². The standard InChI is InChI=1S/C16H13F3N2O4S/c17-16(18,19)25-12-3-1-2-11(9-12)21-26(23,24)13-5-6-14-10(8-13)4-7-15(22)20-14/h1-3,5-6,8-9,21H,4,7H2,(H,20,22). The highest BCUT2D eigenvalue weighted by molar-refractivity contribution is 7.92. The van der Waals surface area contributed by atoms with Crippen LogP contribution in [0.5, 0.6) is 5.75 Å². The van der Waals surface area contributed by atoms with Crippen molar-refractivity contribution < 1.29 is 31.1 Å². The van der Waals surface area contributed by atoms with E-state index in [1.807, 2.05) is 0 Å². The van der Waals surface area contributed by atoms with Gasteiger partial charge in [0.15, 0.2) is 0 Å². The first-order valence-electron chi connectivity index (χ1n) is 7.44. The van der Waals surface area contributed by atoms with Gasteiger partial charge in [0.25, 0.3) is 10.0 Å². The first-order valence-corrected chi connectivity index (χ1v) is 8.92. The van der Waals surface area contributed by atoms with Crippen molar-refractivity contribution in [2.45, 2.75) is 24.1 Å². The van der Waals surface area contributed by atoms with E-state index < -0.39 is 22.1 Å². The number of aryl methyl sites for hydroxylation is 1. The van der Waals surface area contributed by atoms with Gasteiger partial charge in [-0.25, -0.2) is 8.42 Å². The zero-order chi connectivity index (χ0) is 18.9. The summed E-state index contributed by atoms with van der Waals surface area (Å²) >= 11 is 0. The van der Waals surface area contributed by atoms with E-state index in [4.69, 9.17) is 0 Å². The largest absolute Gasteiger partial charge is 0.573 e. The van der Waals surface area contributed by atoms with Crippen molar-refractivity contribution in [2.75, 3.05) is 10.0 Å². The number of anilines is 2. The van der Waals surface area contributed by atoms with Crippen molar-refractivity contribution >= 4 is 27.3 Å². The van der Waals surface area contributed by atoms with Gasteiger partial charge in [-0.1, -0.05) is 6.07 Å². The van der Waals surface area contributed by atoms with Crippen LogP contribution in [-0.2, 0) is 21.2 Å². The molecule has 10 heteroatoms. The molecule has 0 saturated heterocycles. The van der Waals surface area contributed by atoms with Crippen LogP contribution in [0.15, 0.2) is 47.4 Å². The molecule has 0 fully saturated rings. The van der Waals surface area contributed by atoms with E-state index in [9.17, 15) is 26.4 Å². The van der Waals surface area contributed by atoms with Gasteiger partial charge in [-0.2, -0.15) is 0 Å². The Kier molecular flexibility index (Phi) is 4.53. The predicted octanol–water partition coefficient (Wildman–Crippen LogP) is 3.27. The molecular formula is C16H13F3N2O4S. The molecule has 1 aliphatic rings. The van der Waals surface area contributed by atoms with Gasteiger partial charge >= 0.3 is 6.36 Å². The number of fused-ring (bicyclic) bond motifs is 1. The lowest BCUT2D eigenvalue weighted by Crippen LogP contribution is -2.20. The van der Waals surface area contributed by atoms with Crippen LogP contribution in [-0.4, -0.2) is 20.7 Å². The van der Waals surface area contributed by atoms with Crippen molar-refractivity contribution in [1.29, 1.82) is 0 Å². The maximum atomic E-state index is 12.5. The van der Waals surface area contributed by atoms with Crippen molar-refractivity contribution in [1.82, 2.24) is 0 Å². The highest BCUT2D eigenvalue weighted by Gasteiger charge is 2.31. The molecule has 0 aromatic heterocycles. The zero-order valence-electron chi connectivity index (χ0n) is 13.1. The number of benzene rings is 2. The summed E-state index contributed by atoms with van der Waals surface area (Å²) in [7, 11) is -4.02. The molecule has 0 saturated carbocycles. The fourth-order valence-electron chi connectivity index (χ4n) is 2.50. The number of alkyl halides is 3. The van der Waals surface area contributed by atoms with Crippen LogP contribution in [0.1, 0.15) is 12.0 Å². The number of amides is 1. The highest BCUT2D eigenvalue weighted by Crippen LogP contribution is 2.28. The van der Waals surface area contributed by atoms with Gasteiger partial charge in [0.05, 0.1) is 10.6 Å². The van der Waals surface area contributed by atoms with Crippen LogP contribution in [0.3, 0.4) is 0 Å². The van der Waals surface area contributed by atoms with Crippen LogP contribution in [0.2, 0.25) is 0 Å². The monoisotopic (exact) mass is 386 g/mol. The summed E-state index contributed by atoms with van der Waals surface area (Å²) in [5, 5.41) is 2.64. The first-order chi connectivity index (χ1) is 12.1. The lowest BCUT2D eigenvalue weighted by Gasteiger charge is -2.18. The molecule has 2 aromatic rings. The number of hydrogen-bond acceptors (Lipinski definition) is 4. The van der Waals surface area contributed by atoms with Gasteiger partial charge in [-0.15, -0.1) is 13.2 Å². The third-order valence-electron chi connectivity index (χ3n) is 3.60. The molecule has 1 heterocycles. The van der Waals surface area contributed by atoms with Crippen LogP contribution in [0, 0.1) is 0 Å². The summed E-state index contributed by atoms with van der Waals surface area (Å²) in [5.74, 6) is -0.682. The highest BCUT2D eigenvalue weighted by atomic mass is 32.2. The number of carbonyl (C=O) groups is 1. The van der Waals surface area contributed by atoms with Crippen molar-refractivity contribution in [3.05, 3.63) is 48.0 Å². The van der Waals surface area contributed by atoms with Crippen molar-refractivity contribution in [3.8, 4) is 5.75 Å². The molecule has 2 aromatic carbocycles. The summed E-state index contributed by atoms with van der Waals surface area (Å²) in [6, 6.07) is 8.75. The minimum absolute atomic E-state index is 0.0606. The molecule has 0 spiro atoms. The lowest BCUT2D eigenvalue weighted by molar-refractivity contribution is -0.274. The maximum Gasteiger partial charge on any atom is 0.573 e. The topological polar surface area (TPSA) is 84.5 Å². The second-order valence-electron chi connectivity index (χ2n) is 5.55. The zero-order valence-corrected chi connectivity index (χ0v) is 13.9. The number of ether oxygens (including phenoxy) is 1. The van der Waals surface area contributed by atoms with Crippen LogP contribution >= 0.6 is 0 Å². The molecule has 1 amide bonds. The van der Waals surface area contributed by atoms with E-state index in [-0.39, 0.29) is 22.9 Å². The molecule has 0 atom stereocenters. The maximum absolute atomic E-state index is 12.5. The van der Waals surface area contributed by atoms with Crippen LogP contribution in [0.4, 0.5) is 24.5 Å². The fraction of sp³-hybridized carbons (Fsp3) is 0.188. The van der Waals surface area contributed by atoms with E-state index in [1.165, 1.54) is 30.3 Å². The summed E-state index contributed by atoms with van der Waals surface area (Å²) in [5.41, 5.74) is 1.14. The van der Waals surface area contributed by atoms with Crippen molar-refractivity contribution in [3.63, 3.8) is 0 Å². The van der Waals surface area contributed by atoms with Crippen LogP contribution < -0.4 is 14.8 Å². The Morgan fingerprint density at radius 1 is 1.08 bits per heavy atom. The molecule has 0 unspecified atom stereocenters. The minimum atomic E-state index is -4.87. The number of hydrogen-bond donors (Lipinski definition) is 2. The summed E-state index contributed by atoms with van der Waals surface area (Å²) in [6.07, 6.45) is -4.22. The number of rotatable bonds is 4. The van der Waals surface area contributed by atoms with Gasteiger partial charge < -0.3 is 10.1 Å². The van der Waals surface area contributed by atoms with Gasteiger partial charge in [0.2, 0.25) is 5.91 Å². The van der Waals surface area contributed by atoms with E-state index in [0.29, 0.717) is 17.7 Å². The van der Waals surface area contributed by atoms with Crippen LogP contribution in [0.25, 0.3) is 0 Å². The lowest BCUT2D eigenvalue weighted by atomic mass is 10.0. The Labute approximate surface area is 147 Å². The number of nitrogens with one attached hydrogen (secondary N) is 2. The molecule has 138 valence electrons. The Hall–Kier alpha value is -2.75. The second-order valence-corrected chi connectivity index (χ2v) is 7.23. The normalized spacial score (nSPS) is 14.3. The van der Waals surface area contributed by atoms with Gasteiger partial charge in [-0.3, -0.25) is 9.52 Å². The molecule has 0 aliphatic carbocycles. The molecular weight excluding hydrogens is 373 g/mol. The first kappa shape index (κ1) is 18.1.